The van der Waals surface area contributed by atoms with Gasteiger partial charge in [-0.05, 0) is 43.3 Å². The summed E-state index contributed by atoms with van der Waals surface area (Å²) in [7, 11) is 1.79. The van der Waals surface area contributed by atoms with Gasteiger partial charge in [0.05, 0.1) is 12.1 Å². The number of benzene rings is 2. The Hall–Kier alpha value is -3.12. The molecule has 0 fully saturated rings. The van der Waals surface area contributed by atoms with Gasteiger partial charge in [0.15, 0.2) is 6.17 Å². The van der Waals surface area contributed by atoms with E-state index in [1.54, 1.807) is 23.7 Å². The Bertz CT molecular complexity index is 1390. The van der Waals surface area contributed by atoms with E-state index in [0.29, 0.717) is 22.4 Å². The third-order valence-electron chi connectivity index (χ3n) is 5.06. The molecule has 0 spiro atoms. The smallest absolute Gasteiger partial charge is 0.229 e. The van der Waals surface area contributed by atoms with Crippen LogP contribution in [0.5, 0.6) is 0 Å². The maximum atomic E-state index is 8.67. The molecule has 0 aliphatic carbocycles. The molecule has 0 atom stereocenters. The number of rotatable bonds is 3. The summed E-state index contributed by atoms with van der Waals surface area (Å²) in [5.41, 5.74) is 5.78. The summed E-state index contributed by atoms with van der Waals surface area (Å²) in [6.07, 6.45) is -1.46. The van der Waals surface area contributed by atoms with Crippen LogP contribution in [-0.4, -0.2) is 0 Å². The predicted octanol–water partition coefficient (Wildman–Crippen LogP) is 6.44. The standard InChI is InChI=1S/C25H25N2O/c1-15(2)13-18-9-12-21(27(6)14-18)23-17(4)7-10-19-22-16(3)8-11-20(26-5)25(22)28-24(19)23/h7-12,14-15H,13H2,1-4,6H3/q+1/i13D2,14D. The van der Waals surface area contributed by atoms with Crippen molar-refractivity contribution in [2.24, 2.45) is 13.0 Å². The van der Waals surface area contributed by atoms with E-state index in [4.69, 9.17) is 15.1 Å². The van der Waals surface area contributed by atoms with Crippen LogP contribution in [0.3, 0.4) is 0 Å². The zero-order valence-electron chi connectivity index (χ0n) is 19.8. The fourth-order valence-corrected chi connectivity index (χ4v) is 3.80. The van der Waals surface area contributed by atoms with Gasteiger partial charge in [-0.1, -0.05) is 38.1 Å². The lowest BCUT2D eigenvalue weighted by Gasteiger charge is -2.08. The SMILES string of the molecule is [2H]c1c(C([2H])([2H])C(C)C)ccc(-c2c(C)ccc3c2oc2c([N+]#[C-])ccc(C)c23)[n+]1C. The monoisotopic (exact) mass is 372 g/mol. The number of hydrogen-bond acceptors (Lipinski definition) is 1. The second kappa shape index (κ2) is 6.80. The normalized spacial score (nSPS) is 13.5. The van der Waals surface area contributed by atoms with Gasteiger partial charge in [0.25, 0.3) is 0 Å². The molecule has 4 aromatic rings. The van der Waals surface area contributed by atoms with Crippen molar-refractivity contribution in [1.29, 1.82) is 0 Å². The lowest BCUT2D eigenvalue weighted by atomic mass is 9.98. The van der Waals surface area contributed by atoms with E-state index in [9.17, 15) is 0 Å². The largest absolute Gasteiger partial charge is 0.466 e. The number of aromatic nitrogens is 1. The highest BCUT2D eigenvalue weighted by Gasteiger charge is 2.22. The molecule has 0 saturated heterocycles. The third-order valence-corrected chi connectivity index (χ3v) is 5.06. The van der Waals surface area contributed by atoms with Crippen LogP contribution in [0.1, 0.15) is 34.7 Å². The van der Waals surface area contributed by atoms with E-state index in [1.807, 2.05) is 52.0 Å². The van der Waals surface area contributed by atoms with Gasteiger partial charge in [0, 0.05) is 25.1 Å². The van der Waals surface area contributed by atoms with Gasteiger partial charge in [-0.2, -0.15) is 0 Å². The van der Waals surface area contributed by atoms with E-state index in [1.165, 1.54) is 0 Å². The number of fused-ring (bicyclic) bond motifs is 3. The summed E-state index contributed by atoms with van der Waals surface area (Å²) in [5, 5.41) is 1.87. The number of aryl methyl sites for hydroxylation is 2. The topological polar surface area (TPSA) is 21.4 Å². The van der Waals surface area contributed by atoms with Gasteiger partial charge in [-0.25, -0.2) is 9.41 Å². The van der Waals surface area contributed by atoms with Crippen molar-refractivity contribution in [3.8, 4) is 11.3 Å². The number of furan rings is 1. The molecule has 4 rings (SSSR count). The van der Waals surface area contributed by atoms with E-state index < -0.39 is 6.37 Å². The van der Waals surface area contributed by atoms with Crippen LogP contribution in [0.15, 0.2) is 47.0 Å². The van der Waals surface area contributed by atoms with Gasteiger partial charge in [-0.15, -0.1) is 0 Å². The van der Waals surface area contributed by atoms with Crippen molar-refractivity contribution in [1.82, 2.24) is 0 Å². The van der Waals surface area contributed by atoms with E-state index in [0.717, 1.165) is 33.2 Å². The summed E-state index contributed by atoms with van der Waals surface area (Å²) in [5.74, 6) is -0.252. The number of pyridine rings is 1. The molecule has 3 nitrogen and oxygen atoms in total. The Morgan fingerprint density at radius 1 is 1.11 bits per heavy atom. The van der Waals surface area contributed by atoms with E-state index in [-0.39, 0.29) is 12.1 Å². The first-order valence-electron chi connectivity index (χ1n) is 10.9. The summed E-state index contributed by atoms with van der Waals surface area (Å²) in [6, 6.07) is 11.4. The molecule has 2 heterocycles. The number of hydrogen-bond donors (Lipinski definition) is 0. The molecule has 0 saturated carbocycles. The first kappa shape index (κ1) is 14.9. The molecule has 0 amide bonds. The fraction of sp³-hybridized carbons (Fsp3) is 0.280. The Kier molecular flexibility index (Phi) is 3.61. The zero-order valence-corrected chi connectivity index (χ0v) is 16.8. The zero-order chi connectivity index (χ0) is 22.7. The molecule has 2 aromatic carbocycles. The first-order valence-corrected chi connectivity index (χ1v) is 9.43. The minimum atomic E-state index is -1.60. The summed E-state index contributed by atoms with van der Waals surface area (Å²) in [4.78, 5) is 3.63. The number of nitrogens with zero attached hydrogens (tertiary/aromatic N) is 2. The molecule has 0 radical (unpaired) electrons. The van der Waals surface area contributed by atoms with Crippen LogP contribution in [0.2, 0.25) is 0 Å². The Morgan fingerprint density at radius 3 is 2.57 bits per heavy atom. The molecular weight excluding hydrogens is 344 g/mol. The van der Waals surface area contributed by atoms with E-state index in [2.05, 4.69) is 4.85 Å². The lowest BCUT2D eigenvalue weighted by Crippen LogP contribution is -2.31. The van der Waals surface area contributed by atoms with Crippen molar-refractivity contribution < 1.29 is 13.1 Å². The average Bonchev–Trinajstić information content (AvgIpc) is 3.11. The molecule has 28 heavy (non-hydrogen) atoms. The molecule has 0 unspecified atom stereocenters. The average molecular weight is 373 g/mol. The van der Waals surface area contributed by atoms with Gasteiger partial charge >= 0.3 is 0 Å². The van der Waals surface area contributed by atoms with Gasteiger partial charge in [0.1, 0.15) is 19.6 Å². The first-order chi connectivity index (χ1) is 14.6. The van der Waals surface area contributed by atoms with Crippen molar-refractivity contribution in [2.75, 3.05) is 0 Å². The fourth-order valence-electron chi connectivity index (χ4n) is 3.80. The minimum absolute atomic E-state index is 0.141. The molecule has 0 N–H and O–H groups in total. The molecule has 0 aliphatic rings. The van der Waals surface area contributed by atoms with Crippen molar-refractivity contribution >= 4 is 27.6 Å². The molecule has 3 heteroatoms. The van der Waals surface area contributed by atoms with Gasteiger partial charge in [0.2, 0.25) is 11.4 Å². The third kappa shape index (κ3) is 2.86. The quantitative estimate of drug-likeness (QED) is 0.299. The maximum Gasteiger partial charge on any atom is 0.229 e. The summed E-state index contributed by atoms with van der Waals surface area (Å²) < 4.78 is 33.5. The lowest BCUT2D eigenvalue weighted by molar-refractivity contribution is -0.660. The van der Waals surface area contributed by atoms with Crippen LogP contribution < -0.4 is 4.57 Å². The van der Waals surface area contributed by atoms with Crippen molar-refractivity contribution in [3.05, 3.63) is 70.7 Å². The van der Waals surface area contributed by atoms with Gasteiger partial charge in [-0.3, -0.25) is 0 Å². The Balaban J connectivity index is 2.07. The Labute approximate surface area is 170 Å². The molecule has 140 valence electrons. The highest BCUT2D eigenvalue weighted by Crippen LogP contribution is 2.41. The molecule has 0 bridgehead atoms. The Morgan fingerprint density at radius 2 is 1.86 bits per heavy atom. The highest BCUT2D eigenvalue weighted by atomic mass is 16.3. The second-order valence-electron chi connectivity index (χ2n) is 7.56. The molecular formula is C25H25N2O+. The molecule has 0 aliphatic heterocycles. The maximum absolute atomic E-state index is 8.67. The van der Waals surface area contributed by atoms with E-state index >= 15 is 0 Å². The highest BCUT2D eigenvalue weighted by molar-refractivity contribution is 6.14. The van der Waals surface area contributed by atoms with Gasteiger partial charge < -0.3 is 4.42 Å². The predicted molar refractivity (Wildman–Crippen MR) is 115 cm³/mol. The van der Waals surface area contributed by atoms with Crippen LogP contribution in [0.25, 0.3) is 38.0 Å². The van der Waals surface area contributed by atoms with Crippen molar-refractivity contribution in [3.63, 3.8) is 0 Å². The molecule has 2 aromatic heterocycles. The summed E-state index contributed by atoms with van der Waals surface area (Å²) >= 11 is 0. The van der Waals surface area contributed by atoms with Crippen LogP contribution in [-0.2, 0) is 13.4 Å². The van der Waals surface area contributed by atoms with Crippen LogP contribution in [0.4, 0.5) is 5.69 Å². The van der Waals surface area contributed by atoms with Crippen molar-refractivity contribution in [2.45, 2.75) is 34.1 Å². The van der Waals surface area contributed by atoms with Crippen LogP contribution in [0, 0.1) is 26.3 Å². The minimum Gasteiger partial charge on any atom is -0.466 e. The summed E-state index contributed by atoms with van der Waals surface area (Å²) in [6.45, 7) is 15.2. The second-order valence-corrected chi connectivity index (χ2v) is 7.56. The van der Waals surface area contributed by atoms with Crippen LogP contribution >= 0.6 is 0 Å².